The Kier molecular flexibility index (Phi) is 6.00. The highest BCUT2D eigenvalue weighted by atomic mass is 35.5. The van der Waals surface area contributed by atoms with Crippen molar-refractivity contribution < 1.29 is 19.1 Å². The van der Waals surface area contributed by atoms with Crippen molar-refractivity contribution in [3.63, 3.8) is 0 Å². The fourth-order valence-electron chi connectivity index (χ4n) is 1.87. The molecule has 0 aliphatic rings. The number of nitrogens with one attached hydrogen (secondary N) is 1. The van der Waals surface area contributed by atoms with Gasteiger partial charge in [0.2, 0.25) is 0 Å². The van der Waals surface area contributed by atoms with Crippen LogP contribution in [0.3, 0.4) is 0 Å². The zero-order chi connectivity index (χ0) is 16.7. The summed E-state index contributed by atoms with van der Waals surface area (Å²) in [5, 5.41) is 3.16. The lowest BCUT2D eigenvalue weighted by molar-refractivity contribution is -0.118. The molecule has 6 heteroatoms. The van der Waals surface area contributed by atoms with Crippen LogP contribution in [0.4, 0.5) is 5.69 Å². The standard InChI is InChI=1S/C17H16ClNO4/c1-2-22-17(21)14-8-3-4-9-15(14)19-16(20)11-23-13-7-5-6-12(18)10-13/h3-10H,2,11H2,1H3,(H,19,20). The molecule has 2 aromatic rings. The number of amides is 1. The fraction of sp³-hybridized carbons (Fsp3) is 0.176. The third-order valence-electron chi connectivity index (χ3n) is 2.86. The molecule has 0 spiro atoms. The second-order valence-electron chi connectivity index (χ2n) is 4.56. The second kappa shape index (κ2) is 8.19. The third-order valence-corrected chi connectivity index (χ3v) is 3.10. The molecule has 1 amide bonds. The summed E-state index contributed by atoms with van der Waals surface area (Å²) in [5.74, 6) is -0.382. The summed E-state index contributed by atoms with van der Waals surface area (Å²) in [6.07, 6.45) is 0. The van der Waals surface area contributed by atoms with E-state index in [1.165, 1.54) is 0 Å². The van der Waals surface area contributed by atoms with Crippen LogP contribution in [0.15, 0.2) is 48.5 Å². The minimum Gasteiger partial charge on any atom is -0.484 e. The van der Waals surface area contributed by atoms with Crippen LogP contribution in [0.5, 0.6) is 5.75 Å². The van der Waals surface area contributed by atoms with Crippen LogP contribution in [0.25, 0.3) is 0 Å². The van der Waals surface area contributed by atoms with Crippen LogP contribution >= 0.6 is 11.6 Å². The summed E-state index contributed by atoms with van der Waals surface area (Å²) in [6, 6.07) is 13.4. The monoisotopic (exact) mass is 333 g/mol. The number of rotatable bonds is 6. The quantitative estimate of drug-likeness (QED) is 0.821. The minimum atomic E-state index is -0.487. The van der Waals surface area contributed by atoms with E-state index in [-0.39, 0.29) is 19.1 Å². The van der Waals surface area contributed by atoms with Crippen molar-refractivity contribution in [2.75, 3.05) is 18.5 Å². The van der Waals surface area contributed by atoms with Gasteiger partial charge in [-0.1, -0.05) is 29.8 Å². The Bertz CT molecular complexity index is 702. The number of anilines is 1. The lowest BCUT2D eigenvalue weighted by Gasteiger charge is -2.11. The van der Waals surface area contributed by atoms with E-state index in [0.717, 1.165) is 0 Å². The molecular weight excluding hydrogens is 318 g/mol. The van der Waals surface area contributed by atoms with Gasteiger partial charge in [-0.15, -0.1) is 0 Å². The van der Waals surface area contributed by atoms with Gasteiger partial charge in [-0.25, -0.2) is 4.79 Å². The highest BCUT2D eigenvalue weighted by Crippen LogP contribution is 2.18. The lowest BCUT2D eigenvalue weighted by Crippen LogP contribution is -2.22. The number of carbonyl (C=O) groups excluding carboxylic acids is 2. The van der Waals surface area contributed by atoms with Crippen LogP contribution < -0.4 is 10.1 Å². The summed E-state index contributed by atoms with van der Waals surface area (Å²) in [5.41, 5.74) is 0.677. The molecule has 0 saturated carbocycles. The number of hydrogen-bond donors (Lipinski definition) is 1. The topological polar surface area (TPSA) is 64.6 Å². The molecule has 0 aliphatic heterocycles. The molecule has 2 aromatic carbocycles. The van der Waals surface area contributed by atoms with Crippen molar-refractivity contribution in [1.29, 1.82) is 0 Å². The van der Waals surface area contributed by atoms with E-state index >= 15 is 0 Å². The third kappa shape index (κ3) is 5.00. The predicted octanol–water partition coefficient (Wildman–Crippen LogP) is 3.53. The van der Waals surface area contributed by atoms with Crippen LogP contribution in [0.1, 0.15) is 17.3 Å². The van der Waals surface area contributed by atoms with Gasteiger partial charge in [-0.3, -0.25) is 4.79 Å². The maximum Gasteiger partial charge on any atom is 0.340 e. The zero-order valence-corrected chi connectivity index (χ0v) is 13.3. The van der Waals surface area contributed by atoms with Crippen molar-refractivity contribution in [1.82, 2.24) is 0 Å². The number of esters is 1. The molecule has 0 bridgehead atoms. The number of para-hydroxylation sites is 1. The number of hydrogen-bond acceptors (Lipinski definition) is 4. The molecular formula is C17H16ClNO4. The van der Waals surface area contributed by atoms with Gasteiger partial charge in [0, 0.05) is 5.02 Å². The highest BCUT2D eigenvalue weighted by Gasteiger charge is 2.14. The Labute approximate surface area is 139 Å². The average Bonchev–Trinajstić information content (AvgIpc) is 2.54. The molecule has 2 rings (SSSR count). The summed E-state index contributed by atoms with van der Waals surface area (Å²) in [6.45, 7) is 1.79. The first-order chi connectivity index (χ1) is 11.1. The van der Waals surface area contributed by atoms with E-state index in [4.69, 9.17) is 21.1 Å². The molecule has 23 heavy (non-hydrogen) atoms. The molecule has 0 saturated heterocycles. The van der Waals surface area contributed by atoms with Gasteiger partial charge in [-0.2, -0.15) is 0 Å². The van der Waals surface area contributed by atoms with Gasteiger partial charge in [0.05, 0.1) is 17.9 Å². The van der Waals surface area contributed by atoms with Crippen molar-refractivity contribution >= 4 is 29.2 Å². The van der Waals surface area contributed by atoms with E-state index in [2.05, 4.69) is 5.32 Å². The average molecular weight is 334 g/mol. The van der Waals surface area contributed by atoms with Crippen LogP contribution in [-0.4, -0.2) is 25.1 Å². The molecule has 0 aromatic heterocycles. The van der Waals surface area contributed by atoms with Gasteiger partial charge in [0.15, 0.2) is 6.61 Å². The highest BCUT2D eigenvalue weighted by molar-refractivity contribution is 6.30. The molecule has 5 nitrogen and oxygen atoms in total. The van der Waals surface area contributed by atoms with Gasteiger partial charge < -0.3 is 14.8 Å². The van der Waals surface area contributed by atoms with Gasteiger partial charge in [-0.05, 0) is 37.3 Å². The SMILES string of the molecule is CCOC(=O)c1ccccc1NC(=O)COc1cccc(Cl)c1. The summed E-state index contributed by atoms with van der Waals surface area (Å²) in [4.78, 5) is 23.8. The Hall–Kier alpha value is -2.53. The molecule has 0 heterocycles. The molecule has 120 valence electrons. The summed E-state index contributed by atoms with van der Waals surface area (Å²) < 4.78 is 10.3. The van der Waals surface area contributed by atoms with Crippen molar-refractivity contribution in [3.8, 4) is 5.75 Å². The van der Waals surface area contributed by atoms with E-state index in [9.17, 15) is 9.59 Å². The smallest absolute Gasteiger partial charge is 0.340 e. The van der Waals surface area contributed by atoms with E-state index in [1.54, 1.807) is 55.5 Å². The second-order valence-corrected chi connectivity index (χ2v) is 5.00. The first-order valence-electron chi connectivity index (χ1n) is 7.04. The molecule has 0 atom stereocenters. The van der Waals surface area contributed by atoms with E-state index in [1.807, 2.05) is 0 Å². The molecule has 0 aliphatic carbocycles. The van der Waals surface area contributed by atoms with Gasteiger partial charge in [0.25, 0.3) is 5.91 Å². The Morgan fingerprint density at radius 2 is 1.91 bits per heavy atom. The van der Waals surface area contributed by atoms with Crippen molar-refractivity contribution in [3.05, 3.63) is 59.1 Å². The lowest BCUT2D eigenvalue weighted by atomic mass is 10.2. The molecule has 0 unspecified atom stereocenters. The van der Waals surface area contributed by atoms with Crippen molar-refractivity contribution in [2.45, 2.75) is 6.92 Å². The van der Waals surface area contributed by atoms with Crippen LogP contribution in [0, 0.1) is 0 Å². The molecule has 0 radical (unpaired) electrons. The number of carbonyl (C=O) groups is 2. The number of benzene rings is 2. The zero-order valence-electron chi connectivity index (χ0n) is 12.5. The van der Waals surface area contributed by atoms with E-state index in [0.29, 0.717) is 22.0 Å². The Balaban J connectivity index is 1.99. The summed E-state index contributed by atoms with van der Waals surface area (Å²) in [7, 11) is 0. The number of ether oxygens (including phenoxy) is 2. The maximum absolute atomic E-state index is 12.0. The molecule has 0 fully saturated rings. The van der Waals surface area contributed by atoms with Crippen molar-refractivity contribution in [2.24, 2.45) is 0 Å². The van der Waals surface area contributed by atoms with Crippen LogP contribution in [0.2, 0.25) is 5.02 Å². The van der Waals surface area contributed by atoms with Gasteiger partial charge in [0.1, 0.15) is 5.75 Å². The predicted molar refractivity (Wildman–Crippen MR) is 88.0 cm³/mol. The van der Waals surface area contributed by atoms with E-state index < -0.39 is 5.97 Å². The number of halogens is 1. The normalized spacial score (nSPS) is 10.0. The van der Waals surface area contributed by atoms with Crippen LogP contribution in [-0.2, 0) is 9.53 Å². The maximum atomic E-state index is 12.0. The van der Waals surface area contributed by atoms with Gasteiger partial charge >= 0.3 is 5.97 Å². The minimum absolute atomic E-state index is 0.197. The molecule has 1 N–H and O–H groups in total. The first-order valence-corrected chi connectivity index (χ1v) is 7.42. The largest absolute Gasteiger partial charge is 0.484 e. The Morgan fingerprint density at radius 3 is 2.65 bits per heavy atom. The first kappa shape index (κ1) is 16.8. The Morgan fingerprint density at radius 1 is 1.13 bits per heavy atom. The summed E-state index contributed by atoms with van der Waals surface area (Å²) >= 11 is 5.84. The fourth-order valence-corrected chi connectivity index (χ4v) is 2.05.